The molecule has 1 heterocycles. The van der Waals surface area contributed by atoms with Gasteiger partial charge < -0.3 is 4.74 Å². The second-order valence-corrected chi connectivity index (χ2v) is 4.35. The Morgan fingerprint density at radius 2 is 2.00 bits per heavy atom. The highest BCUT2D eigenvalue weighted by atomic mass is 19.4. The number of aromatic nitrogens is 1. The lowest BCUT2D eigenvalue weighted by Crippen LogP contribution is -2.07. The van der Waals surface area contributed by atoms with Gasteiger partial charge in [0, 0.05) is 24.2 Å². The Labute approximate surface area is 109 Å². The van der Waals surface area contributed by atoms with Crippen molar-refractivity contribution in [3.05, 3.63) is 36.2 Å². The lowest BCUT2D eigenvalue weighted by atomic mass is 10.0. The number of nitrogens with zero attached hydrogens (tertiary/aromatic N) is 1. The van der Waals surface area contributed by atoms with Crippen LogP contribution in [0.15, 0.2) is 30.6 Å². The molecule has 5 heteroatoms. The normalized spacial score (nSPS) is 11.8. The molecule has 0 aliphatic rings. The van der Waals surface area contributed by atoms with Crippen molar-refractivity contribution in [1.82, 2.24) is 4.98 Å². The molecule has 0 bridgehead atoms. The van der Waals surface area contributed by atoms with E-state index in [4.69, 9.17) is 4.74 Å². The second-order valence-electron chi connectivity index (χ2n) is 4.35. The molecule has 1 aromatic heterocycles. The summed E-state index contributed by atoms with van der Waals surface area (Å²) in [6.07, 6.45) is -1.12. The van der Waals surface area contributed by atoms with Crippen molar-refractivity contribution in [2.24, 2.45) is 0 Å². The third-order valence-corrected chi connectivity index (χ3v) is 2.96. The number of aryl methyl sites for hydroxylation is 1. The van der Waals surface area contributed by atoms with E-state index in [1.54, 1.807) is 19.5 Å². The molecule has 0 aliphatic carbocycles. The Hall–Kier alpha value is -1.78. The van der Waals surface area contributed by atoms with E-state index in [2.05, 4.69) is 4.98 Å². The van der Waals surface area contributed by atoms with Crippen LogP contribution in [0.2, 0.25) is 0 Å². The molecular weight excluding hydrogens is 255 g/mol. The first kappa shape index (κ1) is 13.6. The second kappa shape index (κ2) is 5.47. The zero-order chi connectivity index (χ0) is 13.9. The number of hydrogen-bond acceptors (Lipinski definition) is 2. The Morgan fingerprint density at radius 3 is 2.68 bits per heavy atom. The van der Waals surface area contributed by atoms with E-state index in [1.165, 1.54) is 0 Å². The maximum atomic E-state index is 12.2. The molecule has 0 saturated heterocycles. The average Bonchev–Trinajstić information content (AvgIpc) is 2.37. The van der Waals surface area contributed by atoms with E-state index in [-0.39, 0.29) is 6.42 Å². The number of fused-ring (bicyclic) bond motifs is 1. The van der Waals surface area contributed by atoms with E-state index < -0.39 is 12.6 Å². The Bertz CT molecular complexity index is 566. The van der Waals surface area contributed by atoms with Gasteiger partial charge in [0.25, 0.3) is 0 Å². The van der Waals surface area contributed by atoms with Crippen LogP contribution in [0.25, 0.3) is 10.8 Å². The predicted molar refractivity (Wildman–Crippen MR) is 67.3 cm³/mol. The standard InChI is InChI=1S/C14H14F3NO/c1-19-12-5-4-11-9-18-8-10(13(11)7-12)3-2-6-14(15,16)17/h4-5,7-9H,2-3,6H2,1H3. The highest BCUT2D eigenvalue weighted by Gasteiger charge is 2.26. The van der Waals surface area contributed by atoms with Gasteiger partial charge in [0.15, 0.2) is 0 Å². The average molecular weight is 269 g/mol. The summed E-state index contributed by atoms with van der Waals surface area (Å²) < 4.78 is 41.6. The number of benzene rings is 1. The maximum Gasteiger partial charge on any atom is 0.389 e. The van der Waals surface area contributed by atoms with E-state index in [0.29, 0.717) is 12.2 Å². The van der Waals surface area contributed by atoms with Crippen molar-refractivity contribution < 1.29 is 17.9 Å². The molecule has 19 heavy (non-hydrogen) atoms. The predicted octanol–water partition coefficient (Wildman–Crippen LogP) is 4.13. The van der Waals surface area contributed by atoms with Crippen LogP contribution in [0.1, 0.15) is 18.4 Å². The number of rotatable bonds is 4. The lowest BCUT2D eigenvalue weighted by molar-refractivity contribution is -0.135. The zero-order valence-corrected chi connectivity index (χ0v) is 10.5. The highest BCUT2D eigenvalue weighted by molar-refractivity contribution is 5.86. The number of ether oxygens (including phenoxy) is 1. The van der Waals surface area contributed by atoms with Crippen LogP contribution in [0, 0.1) is 0 Å². The van der Waals surface area contributed by atoms with Gasteiger partial charge in [-0.3, -0.25) is 4.98 Å². The van der Waals surface area contributed by atoms with Crippen LogP contribution in [0.5, 0.6) is 5.75 Å². The summed E-state index contributed by atoms with van der Waals surface area (Å²) in [5.41, 5.74) is 0.820. The van der Waals surface area contributed by atoms with Crippen LogP contribution in [-0.2, 0) is 6.42 Å². The van der Waals surface area contributed by atoms with Crippen LogP contribution in [0.3, 0.4) is 0 Å². The Balaban J connectivity index is 2.22. The lowest BCUT2D eigenvalue weighted by Gasteiger charge is -2.09. The third-order valence-electron chi connectivity index (χ3n) is 2.96. The molecule has 0 radical (unpaired) electrons. The SMILES string of the molecule is COc1ccc2cncc(CCCC(F)(F)F)c2c1. The van der Waals surface area contributed by atoms with E-state index in [9.17, 15) is 13.2 Å². The molecule has 1 aromatic carbocycles. The molecule has 0 unspecified atom stereocenters. The molecule has 0 atom stereocenters. The minimum atomic E-state index is -4.10. The molecule has 2 nitrogen and oxygen atoms in total. The van der Waals surface area contributed by atoms with Gasteiger partial charge in [-0.1, -0.05) is 0 Å². The molecule has 2 aromatic rings. The minimum absolute atomic E-state index is 0.0709. The first-order valence-electron chi connectivity index (χ1n) is 5.97. The molecular formula is C14H14F3NO. The van der Waals surface area contributed by atoms with Crippen molar-refractivity contribution >= 4 is 10.8 Å². The van der Waals surface area contributed by atoms with E-state index >= 15 is 0 Å². The van der Waals surface area contributed by atoms with Crippen LogP contribution >= 0.6 is 0 Å². The third kappa shape index (κ3) is 3.59. The summed E-state index contributed by atoms with van der Waals surface area (Å²) in [6.45, 7) is 0. The Morgan fingerprint density at radius 1 is 1.21 bits per heavy atom. The summed E-state index contributed by atoms with van der Waals surface area (Å²) in [6, 6.07) is 5.50. The summed E-state index contributed by atoms with van der Waals surface area (Å²) in [5.74, 6) is 0.691. The van der Waals surface area contributed by atoms with Gasteiger partial charge in [0.05, 0.1) is 7.11 Å². The fourth-order valence-electron chi connectivity index (χ4n) is 2.01. The molecule has 0 amide bonds. The van der Waals surface area contributed by atoms with Gasteiger partial charge in [-0.05, 0) is 42.0 Å². The van der Waals surface area contributed by atoms with Crippen LogP contribution in [-0.4, -0.2) is 18.3 Å². The molecule has 0 fully saturated rings. The van der Waals surface area contributed by atoms with E-state index in [1.807, 2.05) is 18.2 Å². The van der Waals surface area contributed by atoms with Crippen LogP contribution < -0.4 is 4.74 Å². The quantitative estimate of drug-likeness (QED) is 0.832. The number of pyridine rings is 1. The number of hydrogen-bond donors (Lipinski definition) is 0. The smallest absolute Gasteiger partial charge is 0.389 e. The summed E-state index contributed by atoms with van der Waals surface area (Å²) >= 11 is 0. The maximum absolute atomic E-state index is 12.2. The van der Waals surface area contributed by atoms with Crippen molar-refractivity contribution in [3.63, 3.8) is 0 Å². The van der Waals surface area contributed by atoms with Crippen molar-refractivity contribution in [3.8, 4) is 5.75 Å². The van der Waals surface area contributed by atoms with Gasteiger partial charge >= 0.3 is 6.18 Å². The topological polar surface area (TPSA) is 22.1 Å². The van der Waals surface area contributed by atoms with Crippen molar-refractivity contribution in [2.45, 2.75) is 25.4 Å². The Kier molecular flexibility index (Phi) is 3.93. The number of methoxy groups -OCH3 is 1. The summed E-state index contributed by atoms with van der Waals surface area (Å²) in [4.78, 5) is 4.06. The van der Waals surface area contributed by atoms with Gasteiger partial charge in [0.1, 0.15) is 5.75 Å². The van der Waals surface area contributed by atoms with Crippen molar-refractivity contribution in [2.75, 3.05) is 7.11 Å². The first-order valence-corrected chi connectivity index (χ1v) is 5.97. The molecule has 0 spiro atoms. The first-order chi connectivity index (χ1) is 8.99. The fourth-order valence-corrected chi connectivity index (χ4v) is 2.01. The van der Waals surface area contributed by atoms with Crippen molar-refractivity contribution in [1.29, 1.82) is 0 Å². The largest absolute Gasteiger partial charge is 0.497 e. The fraction of sp³-hybridized carbons (Fsp3) is 0.357. The zero-order valence-electron chi connectivity index (χ0n) is 10.5. The van der Waals surface area contributed by atoms with Gasteiger partial charge in [-0.2, -0.15) is 13.2 Å². The van der Waals surface area contributed by atoms with Gasteiger partial charge in [-0.25, -0.2) is 0 Å². The molecule has 2 rings (SSSR count). The number of halogens is 3. The van der Waals surface area contributed by atoms with Crippen LogP contribution in [0.4, 0.5) is 13.2 Å². The molecule has 0 saturated carbocycles. The summed E-state index contributed by atoms with van der Waals surface area (Å²) in [5, 5.41) is 1.81. The number of alkyl halides is 3. The highest BCUT2D eigenvalue weighted by Crippen LogP contribution is 2.26. The van der Waals surface area contributed by atoms with Gasteiger partial charge in [0.2, 0.25) is 0 Å². The molecule has 0 aliphatic heterocycles. The monoisotopic (exact) mass is 269 g/mol. The molecule has 0 N–H and O–H groups in total. The summed E-state index contributed by atoms with van der Waals surface area (Å²) in [7, 11) is 1.56. The van der Waals surface area contributed by atoms with Gasteiger partial charge in [-0.15, -0.1) is 0 Å². The molecule has 102 valence electrons. The minimum Gasteiger partial charge on any atom is -0.497 e. The van der Waals surface area contributed by atoms with E-state index in [0.717, 1.165) is 16.3 Å².